The summed E-state index contributed by atoms with van der Waals surface area (Å²) in [6, 6.07) is 6.62. The van der Waals surface area contributed by atoms with E-state index in [-0.39, 0.29) is 31.7 Å². The molecule has 1 saturated heterocycles. The maximum absolute atomic E-state index is 13.9. The number of aliphatic hydroxyl groups is 2. The first-order valence-electron chi connectivity index (χ1n) is 13.0. The third-order valence-corrected chi connectivity index (χ3v) is 7.73. The Morgan fingerprint density at radius 1 is 1.20 bits per heavy atom. The van der Waals surface area contributed by atoms with Gasteiger partial charge in [-0.25, -0.2) is 18.7 Å². The van der Waals surface area contributed by atoms with Crippen LogP contribution in [0.4, 0.5) is 18.9 Å². The number of hydroxylamine groups is 1. The van der Waals surface area contributed by atoms with Gasteiger partial charge in [0.25, 0.3) is 0 Å². The van der Waals surface area contributed by atoms with Crippen molar-refractivity contribution >= 4 is 22.5 Å². The van der Waals surface area contributed by atoms with E-state index in [4.69, 9.17) is 4.74 Å². The first-order valence-corrected chi connectivity index (χ1v) is 13.0. The van der Waals surface area contributed by atoms with Gasteiger partial charge in [0.15, 0.2) is 11.6 Å². The van der Waals surface area contributed by atoms with E-state index in [2.05, 4.69) is 10.3 Å². The van der Waals surface area contributed by atoms with E-state index in [9.17, 15) is 33.4 Å². The minimum atomic E-state index is -1.27. The van der Waals surface area contributed by atoms with Crippen molar-refractivity contribution < 1.29 is 38.1 Å². The van der Waals surface area contributed by atoms with Gasteiger partial charge in [0.1, 0.15) is 11.6 Å². The van der Waals surface area contributed by atoms with Crippen LogP contribution in [0.25, 0.3) is 10.9 Å². The standard InChI is InChI=1S/C28H33F3N4O5/c1-40-19-2-3-22-20(14-19)25(17(16-36)15-33-22)24(37)4-5-28(27(38)34-39)6-9-35(10-7-28)11-8-32-23-13-18(29)12-21(30)26(23)31/h2-3,12-15,24,32,36-37,39H,4-11,16H2,1H3,(H,34,38)/t24-/m1/s1. The number of nitrogens with zero attached hydrogens (tertiary/aromatic N) is 2. The van der Waals surface area contributed by atoms with Gasteiger partial charge in [0.2, 0.25) is 5.91 Å². The largest absolute Gasteiger partial charge is 0.497 e. The molecule has 216 valence electrons. The predicted octanol–water partition coefficient (Wildman–Crippen LogP) is 3.67. The van der Waals surface area contributed by atoms with E-state index in [1.165, 1.54) is 13.3 Å². The summed E-state index contributed by atoms with van der Waals surface area (Å²) in [4.78, 5) is 19.2. The molecule has 12 heteroatoms. The van der Waals surface area contributed by atoms with E-state index >= 15 is 0 Å². The molecule has 2 aromatic carbocycles. The Labute approximate surface area is 229 Å². The van der Waals surface area contributed by atoms with Crippen molar-refractivity contribution in [1.82, 2.24) is 15.4 Å². The predicted molar refractivity (Wildman–Crippen MR) is 141 cm³/mol. The van der Waals surface area contributed by atoms with E-state index in [0.29, 0.717) is 66.3 Å². The molecule has 0 radical (unpaired) electrons. The Kier molecular flexibility index (Phi) is 9.46. The summed E-state index contributed by atoms with van der Waals surface area (Å²) in [6.07, 6.45) is 1.70. The molecule has 2 heterocycles. The highest BCUT2D eigenvalue weighted by molar-refractivity contribution is 5.85. The number of methoxy groups -OCH3 is 1. The van der Waals surface area contributed by atoms with Crippen LogP contribution in [0.15, 0.2) is 36.5 Å². The Morgan fingerprint density at radius 3 is 2.62 bits per heavy atom. The molecule has 1 aromatic heterocycles. The normalized spacial score (nSPS) is 16.1. The summed E-state index contributed by atoms with van der Waals surface area (Å²) in [7, 11) is 1.53. The number of piperidine rings is 1. The number of benzene rings is 2. The van der Waals surface area contributed by atoms with Crippen molar-refractivity contribution in [3.8, 4) is 5.75 Å². The third-order valence-electron chi connectivity index (χ3n) is 7.73. The molecule has 1 atom stereocenters. The molecule has 0 spiro atoms. The number of carbonyl (C=O) groups excluding carboxylic acids is 1. The van der Waals surface area contributed by atoms with Crippen LogP contribution < -0.4 is 15.5 Å². The summed E-state index contributed by atoms with van der Waals surface area (Å²) in [5, 5.41) is 34.0. The van der Waals surface area contributed by atoms with Crippen molar-refractivity contribution in [3.63, 3.8) is 0 Å². The average molecular weight is 563 g/mol. The lowest BCUT2D eigenvalue weighted by Crippen LogP contribution is -2.49. The highest BCUT2D eigenvalue weighted by atomic mass is 19.2. The summed E-state index contributed by atoms with van der Waals surface area (Å²) in [6.45, 7) is 1.27. The van der Waals surface area contributed by atoms with Crippen LogP contribution in [0.3, 0.4) is 0 Å². The highest BCUT2D eigenvalue weighted by Gasteiger charge is 2.41. The second kappa shape index (κ2) is 12.8. The topological polar surface area (TPSA) is 127 Å². The van der Waals surface area contributed by atoms with E-state index in [1.54, 1.807) is 23.7 Å². The van der Waals surface area contributed by atoms with Crippen LogP contribution >= 0.6 is 0 Å². The number of halogens is 3. The zero-order valence-corrected chi connectivity index (χ0v) is 22.1. The van der Waals surface area contributed by atoms with Gasteiger partial charge < -0.3 is 25.2 Å². The molecule has 0 aliphatic carbocycles. The Bertz CT molecular complexity index is 1350. The van der Waals surface area contributed by atoms with Crippen LogP contribution in [-0.4, -0.2) is 64.5 Å². The molecule has 0 bridgehead atoms. The molecule has 40 heavy (non-hydrogen) atoms. The number of aromatic nitrogens is 1. The maximum atomic E-state index is 13.9. The molecule has 4 rings (SSSR count). The number of fused-ring (bicyclic) bond motifs is 1. The fourth-order valence-electron chi connectivity index (χ4n) is 5.38. The molecule has 5 N–H and O–H groups in total. The molecule has 0 saturated carbocycles. The van der Waals surface area contributed by atoms with Crippen molar-refractivity contribution in [2.24, 2.45) is 5.41 Å². The fourth-order valence-corrected chi connectivity index (χ4v) is 5.38. The molecule has 1 aliphatic rings. The molecular formula is C28H33F3N4O5. The molecule has 1 amide bonds. The average Bonchev–Trinajstić information content (AvgIpc) is 2.97. The van der Waals surface area contributed by atoms with Gasteiger partial charge in [-0.15, -0.1) is 0 Å². The zero-order chi connectivity index (χ0) is 28.9. The molecule has 3 aromatic rings. The van der Waals surface area contributed by atoms with E-state index in [0.717, 1.165) is 6.07 Å². The number of pyridine rings is 1. The number of anilines is 1. The molecule has 1 aliphatic heterocycles. The van der Waals surface area contributed by atoms with Gasteiger partial charge in [0, 0.05) is 42.4 Å². The van der Waals surface area contributed by atoms with E-state index in [1.807, 2.05) is 4.90 Å². The van der Waals surface area contributed by atoms with Crippen molar-refractivity contribution in [2.45, 2.75) is 38.4 Å². The second-order valence-corrected chi connectivity index (χ2v) is 10.0. The van der Waals surface area contributed by atoms with Crippen molar-refractivity contribution in [2.75, 3.05) is 38.6 Å². The SMILES string of the molecule is COc1ccc2ncc(CO)c([C@H](O)CCC3(C(=O)NO)CCN(CCNc4cc(F)cc(F)c4F)CC3)c2c1. The van der Waals surface area contributed by atoms with Gasteiger partial charge >= 0.3 is 0 Å². The summed E-state index contributed by atoms with van der Waals surface area (Å²) < 4.78 is 46.1. The van der Waals surface area contributed by atoms with Gasteiger partial charge in [-0.3, -0.25) is 15.0 Å². The number of amides is 1. The zero-order valence-electron chi connectivity index (χ0n) is 22.1. The van der Waals surface area contributed by atoms with Crippen LogP contribution in [0.1, 0.15) is 42.9 Å². The maximum Gasteiger partial charge on any atom is 0.249 e. The Hall–Kier alpha value is -3.45. The first-order chi connectivity index (χ1) is 19.2. The number of aliphatic hydroxyl groups excluding tert-OH is 2. The quantitative estimate of drug-likeness (QED) is 0.136. The molecule has 0 unspecified atom stereocenters. The molecular weight excluding hydrogens is 529 g/mol. The van der Waals surface area contributed by atoms with Crippen LogP contribution in [0.2, 0.25) is 0 Å². The summed E-state index contributed by atoms with van der Waals surface area (Å²) in [5.74, 6) is -3.28. The molecule has 1 fully saturated rings. The fraction of sp³-hybridized carbons (Fsp3) is 0.429. The summed E-state index contributed by atoms with van der Waals surface area (Å²) >= 11 is 0. The number of nitrogens with one attached hydrogen (secondary N) is 2. The lowest BCUT2D eigenvalue weighted by atomic mass is 9.73. The van der Waals surface area contributed by atoms with Gasteiger partial charge in [-0.1, -0.05) is 0 Å². The lowest BCUT2D eigenvalue weighted by molar-refractivity contribution is -0.143. The van der Waals surface area contributed by atoms with E-state index < -0.39 is 34.9 Å². The number of ether oxygens (including phenoxy) is 1. The van der Waals surface area contributed by atoms with Crippen molar-refractivity contribution in [1.29, 1.82) is 0 Å². The van der Waals surface area contributed by atoms with Gasteiger partial charge in [-0.05, 0) is 62.5 Å². The highest BCUT2D eigenvalue weighted by Crippen LogP contribution is 2.40. The van der Waals surface area contributed by atoms with Crippen molar-refractivity contribution in [3.05, 3.63) is 65.1 Å². The van der Waals surface area contributed by atoms with Crippen LogP contribution in [-0.2, 0) is 11.4 Å². The number of hydrogen-bond donors (Lipinski definition) is 5. The minimum absolute atomic E-state index is 0.183. The number of hydrogen-bond acceptors (Lipinski definition) is 8. The first kappa shape index (κ1) is 29.5. The number of likely N-dealkylation sites (tertiary alicyclic amines) is 1. The van der Waals surface area contributed by atoms with Gasteiger partial charge in [-0.2, -0.15) is 0 Å². The third kappa shape index (κ3) is 6.30. The Morgan fingerprint density at radius 2 is 1.95 bits per heavy atom. The van der Waals surface area contributed by atoms with Crippen LogP contribution in [0.5, 0.6) is 5.75 Å². The monoisotopic (exact) mass is 562 g/mol. The van der Waals surface area contributed by atoms with Crippen LogP contribution in [0, 0.1) is 22.9 Å². The second-order valence-electron chi connectivity index (χ2n) is 10.0. The number of rotatable bonds is 11. The molecule has 9 nitrogen and oxygen atoms in total. The Balaban J connectivity index is 1.42. The number of carbonyl (C=O) groups is 1. The smallest absolute Gasteiger partial charge is 0.249 e. The lowest BCUT2D eigenvalue weighted by Gasteiger charge is -2.40. The minimum Gasteiger partial charge on any atom is -0.497 e. The van der Waals surface area contributed by atoms with Gasteiger partial charge in [0.05, 0.1) is 36.4 Å². The summed E-state index contributed by atoms with van der Waals surface area (Å²) in [5.41, 5.74) is 2.16.